The lowest BCUT2D eigenvalue weighted by molar-refractivity contribution is -0.150. The lowest BCUT2D eigenvalue weighted by Gasteiger charge is -2.46. The van der Waals surface area contributed by atoms with Crippen LogP contribution in [0.3, 0.4) is 0 Å². The fourth-order valence-corrected chi connectivity index (χ4v) is 11.6. The zero-order chi connectivity index (χ0) is 35.8. The first-order chi connectivity index (χ1) is 24.8. The van der Waals surface area contributed by atoms with Crippen molar-refractivity contribution in [2.24, 2.45) is 10.8 Å². The molecular weight excluding hydrogens is 660 g/mol. The standard InChI is InChI=1S/C40H42N6O6/c1-35(2)37(5)7-9-39(35,31-29(37)41-21-15-25-27(51-19-49-25)17-23(21)43-31)33(47)45-11-13-46(14-12-45)34(48)40-10-8-38(6,36(40,3)4)30-32(40)44-24-18-28-26(50-20-52-28)16-22(24)42-30/h15-18H,7-14,19-20H2,1-6H3. The number of ether oxygens (including phenoxy) is 4. The average molecular weight is 703 g/mol. The van der Waals surface area contributed by atoms with Gasteiger partial charge in [0.05, 0.1) is 55.7 Å². The van der Waals surface area contributed by atoms with Crippen LogP contribution < -0.4 is 18.9 Å². The van der Waals surface area contributed by atoms with Gasteiger partial charge < -0.3 is 28.7 Å². The molecule has 4 atom stereocenters. The van der Waals surface area contributed by atoms with Gasteiger partial charge in [-0.15, -0.1) is 0 Å². The maximum absolute atomic E-state index is 15.1. The number of carbonyl (C=O) groups excluding carboxylic acids is 2. The molecule has 4 bridgehead atoms. The maximum Gasteiger partial charge on any atom is 0.235 e. The van der Waals surface area contributed by atoms with E-state index in [1.165, 1.54) is 0 Å². The summed E-state index contributed by atoms with van der Waals surface area (Å²) >= 11 is 0. The smallest absolute Gasteiger partial charge is 0.235 e. The van der Waals surface area contributed by atoms with E-state index in [9.17, 15) is 0 Å². The Morgan fingerprint density at radius 1 is 0.500 bits per heavy atom. The van der Waals surface area contributed by atoms with Crippen molar-refractivity contribution in [3.05, 3.63) is 47.0 Å². The highest BCUT2D eigenvalue weighted by Crippen LogP contribution is 2.72. The Labute approximate surface area is 301 Å². The van der Waals surface area contributed by atoms with Gasteiger partial charge >= 0.3 is 0 Å². The van der Waals surface area contributed by atoms with E-state index in [2.05, 4.69) is 41.5 Å². The van der Waals surface area contributed by atoms with Crippen molar-refractivity contribution < 1.29 is 28.5 Å². The Morgan fingerprint density at radius 3 is 1.13 bits per heavy atom. The van der Waals surface area contributed by atoms with Gasteiger partial charge in [0.15, 0.2) is 23.0 Å². The summed E-state index contributed by atoms with van der Waals surface area (Å²) in [4.78, 5) is 54.9. The number of benzene rings is 2. The minimum Gasteiger partial charge on any atom is -0.454 e. The number of piperazine rings is 1. The molecule has 4 aliphatic carbocycles. The number of amides is 2. The molecule has 4 unspecified atom stereocenters. The minimum atomic E-state index is -0.815. The molecule has 12 heteroatoms. The van der Waals surface area contributed by atoms with Crippen LogP contribution in [0.25, 0.3) is 22.1 Å². The Balaban J connectivity index is 0.919. The minimum absolute atomic E-state index is 0.0932. The van der Waals surface area contributed by atoms with Gasteiger partial charge in [-0.1, -0.05) is 41.5 Å². The van der Waals surface area contributed by atoms with Crippen LogP contribution in [0.2, 0.25) is 0 Å². The van der Waals surface area contributed by atoms with E-state index in [1.807, 2.05) is 34.1 Å². The SMILES string of the molecule is CC12CCC(C(=O)N3CCN(C(=O)C45CCC(C)(c6nc7cc8c(cc7nc64)OCO8)C5(C)C)CC3)(c3nc4cc5c(cc4nc31)OCO5)C2(C)C. The highest BCUT2D eigenvalue weighted by Gasteiger charge is 2.75. The first-order valence-corrected chi connectivity index (χ1v) is 18.6. The molecule has 3 fully saturated rings. The summed E-state index contributed by atoms with van der Waals surface area (Å²) < 4.78 is 22.6. The molecular formula is C40H42N6O6. The van der Waals surface area contributed by atoms with Crippen molar-refractivity contribution in [3.63, 3.8) is 0 Å². The number of rotatable bonds is 2. The van der Waals surface area contributed by atoms with E-state index in [0.29, 0.717) is 73.1 Å². The van der Waals surface area contributed by atoms with E-state index in [1.54, 1.807) is 0 Å². The van der Waals surface area contributed by atoms with Gasteiger partial charge in [-0.25, -0.2) is 19.9 Å². The largest absolute Gasteiger partial charge is 0.454 e. The van der Waals surface area contributed by atoms with Crippen LogP contribution in [0.4, 0.5) is 0 Å². The van der Waals surface area contributed by atoms with E-state index >= 15 is 9.59 Å². The summed E-state index contributed by atoms with van der Waals surface area (Å²) in [7, 11) is 0. The van der Waals surface area contributed by atoms with Crippen molar-refractivity contribution >= 4 is 33.9 Å². The highest BCUT2D eigenvalue weighted by atomic mass is 16.7. The Hall–Kier alpha value is -4.74. The van der Waals surface area contributed by atoms with E-state index in [0.717, 1.165) is 46.7 Å². The van der Waals surface area contributed by atoms with E-state index < -0.39 is 21.7 Å². The van der Waals surface area contributed by atoms with Crippen LogP contribution >= 0.6 is 0 Å². The van der Waals surface area contributed by atoms with Gasteiger partial charge in [0.2, 0.25) is 25.4 Å². The molecule has 52 heavy (non-hydrogen) atoms. The molecule has 5 heterocycles. The second kappa shape index (κ2) is 9.24. The molecule has 2 aromatic carbocycles. The topological polar surface area (TPSA) is 129 Å². The molecule has 0 N–H and O–H groups in total. The van der Waals surface area contributed by atoms with E-state index in [4.69, 9.17) is 38.9 Å². The molecule has 0 radical (unpaired) electrons. The van der Waals surface area contributed by atoms with Crippen LogP contribution in [-0.4, -0.2) is 81.3 Å². The number of fused-ring (bicyclic) bond motifs is 14. The van der Waals surface area contributed by atoms with Crippen LogP contribution in [0.5, 0.6) is 23.0 Å². The van der Waals surface area contributed by atoms with Crippen LogP contribution in [0.15, 0.2) is 24.3 Å². The van der Waals surface area contributed by atoms with Crippen molar-refractivity contribution in [2.45, 2.75) is 88.9 Å². The quantitative estimate of drug-likeness (QED) is 0.280. The zero-order valence-corrected chi connectivity index (χ0v) is 30.5. The second-order valence-electron chi connectivity index (χ2n) is 17.5. The molecule has 12 nitrogen and oxygen atoms in total. The summed E-state index contributed by atoms with van der Waals surface area (Å²) in [5, 5.41) is 0. The first kappa shape index (κ1) is 30.8. The Kier molecular flexibility index (Phi) is 5.48. The summed E-state index contributed by atoms with van der Waals surface area (Å²) in [6.45, 7) is 15.5. The number of carbonyl (C=O) groups is 2. The van der Waals surface area contributed by atoms with E-state index in [-0.39, 0.29) is 36.2 Å². The van der Waals surface area contributed by atoms with Crippen molar-refractivity contribution in [1.29, 1.82) is 0 Å². The molecule has 268 valence electrons. The third-order valence-electron chi connectivity index (χ3n) is 15.6. The maximum atomic E-state index is 15.1. The van der Waals surface area contributed by atoms with Crippen LogP contribution in [0, 0.1) is 10.8 Å². The summed E-state index contributed by atoms with van der Waals surface area (Å²) in [6.07, 6.45) is 3.14. The number of aromatic nitrogens is 4. The zero-order valence-electron chi connectivity index (χ0n) is 30.5. The third kappa shape index (κ3) is 3.17. The average Bonchev–Trinajstić information content (AvgIpc) is 3.92. The van der Waals surface area contributed by atoms with Crippen LogP contribution in [0.1, 0.15) is 90.0 Å². The Bertz CT molecular complexity index is 2190. The lowest BCUT2D eigenvalue weighted by atomic mass is 9.63. The number of nitrogens with zero attached hydrogens (tertiary/aromatic N) is 6. The van der Waals surface area contributed by atoms with Gasteiger partial charge in [-0.3, -0.25) is 9.59 Å². The highest BCUT2D eigenvalue weighted by molar-refractivity contribution is 5.95. The molecule has 2 saturated carbocycles. The summed E-state index contributed by atoms with van der Waals surface area (Å²) in [5.41, 5.74) is 3.27. The van der Waals surface area contributed by atoms with Gasteiger partial charge in [-0.05, 0) is 36.5 Å². The normalized spacial score (nSPS) is 32.2. The molecule has 1 saturated heterocycles. The van der Waals surface area contributed by atoms with Gasteiger partial charge in [0, 0.05) is 61.3 Å². The Morgan fingerprint density at radius 2 is 0.808 bits per heavy atom. The second-order valence-corrected chi connectivity index (χ2v) is 17.5. The first-order valence-electron chi connectivity index (χ1n) is 18.6. The summed E-state index contributed by atoms with van der Waals surface area (Å²) in [6, 6.07) is 7.56. The molecule has 2 amide bonds. The molecule has 7 aliphatic rings. The van der Waals surface area contributed by atoms with Gasteiger partial charge in [-0.2, -0.15) is 0 Å². The fraction of sp³-hybridized carbons (Fsp3) is 0.550. The van der Waals surface area contributed by atoms with Crippen LogP contribution in [-0.2, 0) is 31.2 Å². The molecule has 3 aliphatic heterocycles. The molecule has 11 rings (SSSR count). The number of hydrogen-bond donors (Lipinski definition) is 0. The monoisotopic (exact) mass is 702 g/mol. The fourth-order valence-electron chi connectivity index (χ4n) is 11.6. The van der Waals surface area contributed by atoms with Gasteiger partial charge in [0.25, 0.3) is 0 Å². The van der Waals surface area contributed by atoms with Crippen molar-refractivity contribution in [3.8, 4) is 23.0 Å². The third-order valence-corrected chi connectivity index (χ3v) is 15.6. The molecule has 4 aromatic rings. The van der Waals surface area contributed by atoms with Gasteiger partial charge in [0.1, 0.15) is 0 Å². The van der Waals surface area contributed by atoms with Crippen molar-refractivity contribution in [2.75, 3.05) is 39.8 Å². The predicted molar refractivity (Wildman–Crippen MR) is 189 cm³/mol. The summed E-state index contributed by atoms with van der Waals surface area (Å²) in [5.74, 6) is 2.83. The lowest BCUT2D eigenvalue weighted by Crippen LogP contribution is -2.61. The number of hydrogen-bond acceptors (Lipinski definition) is 10. The molecule has 0 spiro atoms. The predicted octanol–water partition coefficient (Wildman–Crippen LogP) is 5.06. The molecule has 2 aromatic heterocycles. The van der Waals surface area contributed by atoms with Crippen molar-refractivity contribution in [1.82, 2.24) is 29.7 Å².